The van der Waals surface area contributed by atoms with Gasteiger partial charge in [0.25, 0.3) is 0 Å². The number of rotatable bonds is 6. The minimum atomic E-state index is -0.452. The SMILES string of the molecule is CCOc1cc(NC2(CO)CCCC2)ccc1[N+](=O)[O-]. The van der Waals surface area contributed by atoms with Crippen molar-refractivity contribution in [3.63, 3.8) is 0 Å². The van der Waals surface area contributed by atoms with Gasteiger partial charge in [-0.25, -0.2) is 0 Å². The third-order valence-electron chi connectivity index (χ3n) is 3.73. The molecule has 0 atom stereocenters. The van der Waals surface area contributed by atoms with Crippen LogP contribution in [0.2, 0.25) is 0 Å². The van der Waals surface area contributed by atoms with E-state index < -0.39 is 4.92 Å². The second-order valence-corrected chi connectivity index (χ2v) is 5.14. The third kappa shape index (κ3) is 3.01. The van der Waals surface area contributed by atoms with Gasteiger partial charge in [-0.1, -0.05) is 12.8 Å². The molecule has 20 heavy (non-hydrogen) atoms. The van der Waals surface area contributed by atoms with E-state index in [0.717, 1.165) is 31.4 Å². The molecule has 1 saturated carbocycles. The van der Waals surface area contributed by atoms with Gasteiger partial charge < -0.3 is 15.2 Å². The Morgan fingerprint density at radius 2 is 2.15 bits per heavy atom. The van der Waals surface area contributed by atoms with E-state index in [1.165, 1.54) is 6.07 Å². The predicted octanol–water partition coefficient (Wildman–Crippen LogP) is 2.71. The first kappa shape index (κ1) is 14.6. The maximum atomic E-state index is 10.9. The minimum absolute atomic E-state index is 0.0399. The Labute approximate surface area is 117 Å². The predicted molar refractivity (Wildman–Crippen MR) is 76.2 cm³/mol. The summed E-state index contributed by atoms with van der Waals surface area (Å²) in [5, 5.41) is 23.8. The zero-order valence-corrected chi connectivity index (χ0v) is 11.6. The van der Waals surface area contributed by atoms with Gasteiger partial charge in [0.05, 0.1) is 23.7 Å². The molecule has 0 aromatic heterocycles. The average molecular weight is 280 g/mol. The molecule has 1 aromatic carbocycles. The number of hydrogen-bond donors (Lipinski definition) is 2. The lowest BCUT2D eigenvalue weighted by molar-refractivity contribution is -0.385. The first-order valence-electron chi connectivity index (χ1n) is 6.90. The molecule has 0 bridgehead atoms. The lowest BCUT2D eigenvalue weighted by atomic mass is 9.98. The monoisotopic (exact) mass is 280 g/mol. The molecule has 0 radical (unpaired) electrons. The van der Waals surface area contributed by atoms with Crippen molar-refractivity contribution in [2.75, 3.05) is 18.5 Å². The van der Waals surface area contributed by atoms with Crippen LogP contribution in [0.25, 0.3) is 0 Å². The molecule has 0 saturated heterocycles. The zero-order valence-electron chi connectivity index (χ0n) is 11.6. The Bertz CT molecular complexity index is 484. The minimum Gasteiger partial charge on any atom is -0.487 e. The Morgan fingerprint density at radius 1 is 1.45 bits per heavy atom. The summed E-state index contributed by atoms with van der Waals surface area (Å²) in [6.07, 6.45) is 3.98. The van der Waals surface area contributed by atoms with E-state index in [-0.39, 0.29) is 23.6 Å². The summed E-state index contributed by atoms with van der Waals surface area (Å²) in [6.45, 7) is 2.22. The molecule has 1 aliphatic carbocycles. The fraction of sp³-hybridized carbons (Fsp3) is 0.571. The summed E-state index contributed by atoms with van der Waals surface area (Å²) >= 11 is 0. The van der Waals surface area contributed by atoms with Crippen LogP contribution in [0.1, 0.15) is 32.6 Å². The molecule has 2 rings (SSSR count). The number of ether oxygens (including phenoxy) is 1. The molecule has 0 amide bonds. The summed E-state index contributed by atoms with van der Waals surface area (Å²) in [5.74, 6) is 0.258. The molecular formula is C14H20N2O4. The highest BCUT2D eigenvalue weighted by Crippen LogP contribution is 2.36. The van der Waals surface area contributed by atoms with Gasteiger partial charge in [-0.3, -0.25) is 10.1 Å². The fourth-order valence-electron chi connectivity index (χ4n) is 2.69. The molecule has 1 fully saturated rings. The van der Waals surface area contributed by atoms with Crippen LogP contribution in [0.3, 0.4) is 0 Å². The van der Waals surface area contributed by atoms with Crippen LogP contribution >= 0.6 is 0 Å². The van der Waals surface area contributed by atoms with Crippen molar-refractivity contribution in [2.45, 2.75) is 38.1 Å². The Kier molecular flexibility index (Phi) is 4.44. The van der Waals surface area contributed by atoms with Gasteiger partial charge in [0.2, 0.25) is 0 Å². The number of aliphatic hydroxyl groups is 1. The van der Waals surface area contributed by atoms with Gasteiger partial charge in [-0.05, 0) is 25.8 Å². The highest BCUT2D eigenvalue weighted by atomic mass is 16.6. The zero-order chi connectivity index (χ0) is 14.6. The third-order valence-corrected chi connectivity index (χ3v) is 3.73. The van der Waals surface area contributed by atoms with Crippen molar-refractivity contribution in [1.82, 2.24) is 0 Å². The van der Waals surface area contributed by atoms with Gasteiger partial charge in [0.15, 0.2) is 5.75 Å². The number of benzene rings is 1. The molecule has 0 heterocycles. The maximum absolute atomic E-state index is 10.9. The molecule has 2 N–H and O–H groups in total. The Balaban J connectivity index is 2.24. The molecule has 0 spiro atoms. The van der Waals surface area contributed by atoms with Crippen LogP contribution in [0, 0.1) is 10.1 Å². The van der Waals surface area contributed by atoms with Crippen LogP contribution < -0.4 is 10.1 Å². The summed E-state index contributed by atoms with van der Waals surface area (Å²) in [6, 6.07) is 4.74. The van der Waals surface area contributed by atoms with Crippen molar-refractivity contribution in [3.8, 4) is 5.75 Å². The first-order chi connectivity index (χ1) is 9.60. The lowest BCUT2D eigenvalue weighted by Crippen LogP contribution is -2.38. The lowest BCUT2D eigenvalue weighted by Gasteiger charge is -2.29. The van der Waals surface area contributed by atoms with Crippen LogP contribution in [0.4, 0.5) is 11.4 Å². The molecule has 6 nitrogen and oxygen atoms in total. The maximum Gasteiger partial charge on any atom is 0.311 e. The molecule has 0 unspecified atom stereocenters. The van der Waals surface area contributed by atoms with E-state index in [9.17, 15) is 15.2 Å². The van der Waals surface area contributed by atoms with Gasteiger partial charge in [-0.2, -0.15) is 0 Å². The summed E-state index contributed by atoms with van der Waals surface area (Å²) < 4.78 is 5.33. The highest BCUT2D eigenvalue weighted by Gasteiger charge is 2.33. The number of nitro benzene ring substituents is 1. The van der Waals surface area contributed by atoms with Crippen LogP contribution in [-0.4, -0.2) is 28.8 Å². The van der Waals surface area contributed by atoms with Crippen LogP contribution in [0.15, 0.2) is 18.2 Å². The topological polar surface area (TPSA) is 84.6 Å². The van der Waals surface area contributed by atoms with Crippen molar-refractivity contribution in [2.24, 2.45) is 0 Å². The number of nitrogens with one attached hydrogen (secondary N) is 1. The Hall–Kier alpha value is -1.82. The molecular weight excluding hydrogens is 260 g/mol. The van der Waals surface area contributed by atoms with Crippen molar-refractivity contribution < 1.29 is 14.8 Å². The van der Waals surface area contributed by atoms with Gasteiger partial charge in [0, 0.05) is 17.8 Å². The second kappa shape index (κ2) is 6.09. The summed E-state index contributed by atoms with van der Waals surface area (Å²) in [4.78, 5) is 10.5. The van der Waals surface area contributed by atoms with E-state index in [1.54, 1.807) is 19.1 Å². The van der Waals surface area contributed by atoms with Crippen LogP contribution in [-0.2, 0) is 0 Å². The summed E-state index contributed by atoms with van der Waals surface area (Å²) in [5.41, 5.74) is 0.400. The van der Waals surface area contributed by atoms with Crippen LogP contribution in [0.5, 0.6) is 5.75 Å². The highest BCUT2D eigenvalue weighted by molar-refractivity contribution is 5.59. The normalized spacial score (nSPS) is 16.9. The molecule has 1 aliphatic rings. The van der Waals surface area contributed by atoms with Gasteiger partial charge >= 0.3 is 5.69 Å². The number of hydrogen-bond acceptors (Lipinski definition) is 5. The first-order valence-corrected chi connectivity index (χ1v) is 6.90. The number of anilines is 1. The van der Waals surface area contributed by atoms with E-state index in [0.29, 0.717) is 6.61 Å². The number of nitrogens with zero attached hydrogens (tertiary/aromatic N) is 1. The standard InChI is InChI=1S/C14H20N2O4/c1-2-20-13-9-11(5-6-12(13)16(18)19)15-14(10-17)7-3-4-8-14/h5-6,9,15,17H,2-4,7-8,10H2,1H3. The van der Waals surface area contributed by atoms with E-state index in [4.69, 9.17) is 4.74 Å². The van der Waals surface area contributed by atoms with Gasteiger partial charge in [-0.15, -0.1) is 0 Å². The quantitative estimate of drug-likeness (QED) is 0.618. The fourth-order valence-corrected chi connectivity index (χ4v) is 2.69. The molecule has 1 aromatic rings. The van der Waals surface area contributed by atoms with Crippen molar-refractivity contribution in [1.29, 1.82) is 0 Å². The van der Waals surface area contributed by atoms with Crippen molar-refractivity contribution >= 4 is 11.4 Å². The van der Waals surface area contributed by atoms with E-state index >= 15 is 0 Å². The number of nitro groups is 1. The van der Waals surface area contributed by atoms with E-state index in [2.05, 4.69) is 5.32 Å². The molecule has 110 valence electrons. The smallest absolute Gasteiger partial charge is 0.311 e. The molecule has 6 heteroatoms. The average Bonchev–Trinajstić information content (AvgIpc) is 2.88. The second-order valence-electron chi connectivity index (χ2n) is 5.14. The summed E-state index contributed by atoms with van der Waals surface area (Å²) in [7, 11) is 0. The van der Waals surface area contributed by atoms with E-state index in [1.807, 2.05) is 0 Å². The van der Waals surface area contributed by atoms with Crippen molar-refractivity contribution in [3.05, 3.63) is 28.3 Å². The molecule has 0 aliphatic heterocycles. The largest absolute Gasteiger partial charge is 0.487 e. The number of aliphatic hydroxyl groups excluding tert-OH is 1. The van der Waals surface area contributed by atoms with Gasteiger partial charge in [0.1, 0.15) is 0 Å². The Morgan fingerprint density at radius 3 is 2.70 bits per heavy atom.